The Morgan fingerprint density at radius 2 is 1.97 bits per heavy atom. The number of fused-ring (bicyclic) bond motifs is 1. The number of esters is 2. The zero-order valence-electron chi connectivity index (χ0n) is 16.2. The highest BCUT2D eigenvalue weighted by Gasteiger charge is 2.41. The van der Waals surface area contributed by atoms with Crippen molar-refractivity contribution in [2.75, 3.05) is 13.7 Å². The Bertz CT molecular complexity index is 1030. The maximum absolute atomic E-state index is 12.8. The second kappa shape index (κ2) is 8.52. The summed E-state index contributed by atoms with van der Waals surface area (Å²) in [6.07, 6.45) is 3.32. The van der Waals surface area contributed by atoms with E-state index in [1.165, 1.54) is 14.0 Å². The lowest BCUT2D eigenvalue weighted by Gasteiger charge is -2.19. The van der Waals surface area contributed by atoms with E-state index in [0.29, 0.717) is 5.56 Å². The van der Waals surface area contributed by atoms with E-state index in [-0.39, 0.29) is 18.1 Å². The van der Waals surface area contributed by atoms with Crippen molar-refractivity contribution < 1.29 is 28.7 Å². The summed E-state index contributed by atoms with van der Waals surface area (Å²) in [7, 11) is 1.32. The summed E-state index contributed by atoms with van der Waals surface area (Å²) in [4.78, 5) is 49.9. The van der Waals surface area contributed by atoms with E-state index >= 15 is 0 Å². The van der Waals surface area contributed by atoms with Gasteiger partial charge in [-0.05, 0) is 37.8 Å². The molecule has 1 aliphatic heterocycles. The second-order valence-electron chi connectivity index (χ2n) is 6.29. The standard InChI is InChI=1S/C20H20N2O6S/c1-4-28-19(25)12(2)22-18(24)16(29-20(22)26)9-13-10-21(11-17(23)27-3)15-8-6-5-7-14(13)15/h5-10,12H,4,11H2,1-3H3/b16-9+/t12-/m1/s1. The first-order valence-corrected chi connectivity index (χ1v) is 9.77. The van der Waals surface area contributed by atoms with E-state index in [1.807, 2.05) is 24.3 Å². The van der Waals surface area contributed by atoms with Gasteiger partial charge in [0.15, 0.2) is 0 Å². The van der Waals surface area contributed by atoms with Crippen molar-refractivity contribution in [1.29, 1.82) is 0 Å². The Morgan fingerprint density at radius 3 is 2.66 bits per heavy atom. The zero-order chi connectivity index (χ0) is 21.1. The van der Waals surface area contributed by atoms with Crippen molar-refractivity contribution in [3.8, 4) is 0 Å². The number of thioether (sulfide) groups is 1. The molecule has 0 aliphatic carbocycles. The van der Waals surface area contributed by atoms with E-state index in [1.54, 1.807) is 23.8 Å². The molecule has 2 aromatic rings. The van der Waals surface area contributed by atoms with Crippen molar-refractivity contribution in [3.63, 3.8) is 0 Å². The minimum Gasteiger partial charge on any atom is -0.468 e. The van der Waals surface area contributed by atoms with Crippen molar-refractivity contribution in [2.45, 2.75) is 26.4 Å². The maximum Gasteiger partial charge on any atom is 0.329 e. The first-order chi connectivity index (χ1) is 13.9. The van der Waals surface area contributed by atoms with E-state index in [4.69, 9.17) is 9.47 Å². The van der Waals surface area contributed by atoms with Crippen LogP contribution in [-0.4, -0.2) is 52.3 Å². The number of carbonyl (C=O) groups is 4. The fraction of sp³-hybridized carbons (Fsp3) is 0.300. The highest BCUT2D eigenvalue weighted by atomic mass is 32.2. The minimum absolute atomic E-state index is 0.0201. The smallest absolute Gasteiger partial charge is 0.329 e. The molecule has 0 N–H and O–H groups in total. The molecule has 0 bridgehead atoms. The van der Waals surface area contributed by atoms with Crippen LogP contribution >= 0.6 is 11.8 Å². The lowest BCUT2D eigenvalue weighted by Crippen LogP contribution is -2.42. The number of nitrogens with zero attached hydrogens (tertiary/aromatic N) is 2. The summed E-state index contributed by atoms with van der Waals surface area (Å²) in [5, 5.41) is 0.293. The number of para-hydroxylation sites is 1. The van der Waals surface area contributed by atoms with Crippen LogP contribution in [-0.2, 0) is 30.4 Å². The first kappa shape index (κ1) is 20.7. The van der Waals surface area contributed by atoms with Crippen LogP contribution in [0, 0.1) is 0 Å². The number of carbonyl (C=O) groups excluding carboxylic acids is 4. The summed E-state index contributed by atoms with van der Waals surface area (Å²) in [6, 6.07) is 6.39. The number of hydrogen-bond acceptors (Lipinski definition) is 7. The summed E-state index contributed by atoms with van der Waals surface area (Å²) in [6.45, 7) is 3.29. The topological polar surface area (TPSA) is 94.9 Å². The predicted molar refractivity (Wildman–Crippen MR) is 108 cm³/mol. The first-order valence-electron chi connectivity index (χ1n) is 8.95. The average Bonchev–Trinajstić information content (AvgIpc) is 3.18. The van der Waals surface area contributed by atoms with E-state index < -0.39 is 29.1 Å². The van der Waals surface area contributed by atoms with Crippen LogP contribution in [0.2, 0.25) is 0 Å². The lowest BCUT2D eigenvalue weighted by molar-refractivity contribution is -0.150. The molecule has 1 saturated heterocycles. The van der Waals surface area contributed by atoms with Crippen LogP contribution in [0.5, 0.6) is 0 Å². The van der Waals surface area contributed by atoms with E-state index in [9.17, 15) is 19.2 Å². The lowest BCUT2D eigenvalue weighted by atomic mass is 10.1. The van der Waals surface area contributed by atoms with Crippen molar-refractivity contribution >= 4 is 51.8 Å². The second-order valence-corrected chi connectivity index (χ2v) is 7.28. The van der Waals surface area contributed by atoms with E-state index in [0.717, 1.165) is 27.6 Å². The zero-order valence-corrected chi connectivity index (χ0v) is 17.0. The Hall–Kier alpha value is -3.07. The van der Waals surface area contributed by atoms with Gasteiger partial charge in [-0.1, -0.05) is 18.2 Å². The number of amides is 2. The van der Waals surface area contributed by atoms with Crippen LogP contribution in [0.3, 0.4) is 0 Å². The van der Waals surface area contributed by atoms with Crippen molar-refractivity contribution in [2.24, 2.45) is 0 Å². The molecule has 1 aromatic heterocycles. The Kier molecular flexibility index (Phi) is 6.07. The third-order valence-corrected chi connectivity index (χ3v) is 5.36. The Balaban J connectivity index is 1.95. The molecule has 0 unspecified atom stereocenters. The number of methoxy groups -OCH3 is 1. The highest BCUT2D eigenvalue weighted by molar-refractivity contribution is 8.18. The van der Waals surface area contributed by atoms with Crippen molar-refractivity contribution in [1.82, 2.24) is 9.47 Å². The fourth-order valence-electron chi connectivity index (χ4n) is 3.05. The summed E-state index contributed by atoms with van der Waals surface area (Å²) in [5.74, 6) is -1.59. The molecular weight excluding hydrogens is 396 g/mol. The third kappa shape index (κ3) is 4.04. The van der Waals surface area contributed by atoms with Gasteiger partial charge in [-0.15, -0.1) is 0 Å². The molecule has 9 heteroatoms. The minimum atomic E-state index is -1.01. The maximum atomic E-state index is 12.8. The molecule has 0 saturated carbocycles. The van der Waals surface area contributed by atoms with Crippen LogP contribution in [0.4, 0.5) is 4.79 Å². The third-order valence-electron chi connectivity index (χ3n) is 4.47. The molecule has 152 valence electrons. The van der Waals surface area contributed by atoms with E-state index in [2.05, 4.69) is 0 Å². The number of imide groups is 1. The van der Waals surface area contributed by atoms with Crippen LogP contribution in [0.25, 0.3) is 17.0 Å². The SMILES string of the molecule is CCOC(=O)[C@@H](C)N1C(=O)S/C(=C/c2cn(CC(=O)OC)c3ccccc23)C1=O. The Labute approximate surface area is 171 Å². The molecule has 1 aliphatic rings. The van der Waals surface area contributed by atoms with Gasteiger partial charge >= 0.3 is 11.9 Å². The van der Waals surface area contributed by atoms with Gasteiger partial charge in [0.2, 0.25) is 0 Å². The van der Waals surface area contributed by atoms with Crippen molar-refractivity contribution in [3.05, 3.63) is 40.9 Å². The van der Waals surface area contributed by atoms with Gasteiger partial charge in [-0.25, -0.2) is 4.79 Å². The molecule has 3 rings (SSSR count). The highest BCUT2D eigenvalue weighted by Crippen LogP contribution is 2.35. The largest absolute Gasteiger partial charge is 0.468 e. The molecule has 1 atom stereocenters. The predicted octanol–water partition coefficient (Wildman–Crippen LogP) is 2.80. The molecule has 1 fully saturated rings. The number of benzene rings is 1. The number of rotatable bonds is 6. The van der Waals surface area contributed by atoms with Crippen LogP contribution in [0.1, 0.15) is 19.4 Å². The summed E-state index contributed by atoms with van der Waals surface area (Å²) < 4.78 is 11.4. The molecule has 2 heterocycles. The van der Waals surface area contributed by atoms with Gasteiger partial charge in [0, 0.05) is 22.7 Å². The van der Waals surface area contributed by atoms with Gasteiger partial charge in [0.05, 0.1) is 18.6 Å². The van der Waals surface area contributed by atoms with Crippen LogP contribution < -0.4 is 0 Å². The number of ether oxygens (including phenoxy) is 2. The Morgan fingerprint density at radius 1 is 1.24 bits per heavy atom. The fourth-order valence-corrected chi connectivity index (χ4v) is 3.95. The molecule has 0 spiro atoms. The monoisotopic (exact) mass is 416 g/mol. The normalized spacial score (nSPS) is 16.5. The van der Waals surface area contributed by atoms with Gasteiger partial charge in [0.1, 0.15) is 12.6 Å². The summed E-state index contributed by atoms with van der Waals surface area (Å²) >= 11 is 0.767. The van der Waals surface area contributed by atoms with Gasteiger partial charge in [0.25, 0.3) is 11.1 Å². The number of hydrogen-bond donors (Lipinski definition) is 0. The molecule has 29 heavy (non-hydrogen) atoms. The number of aromatic nitrogens is 1. The average molecular weight is 416 g/mol. The summed E-state index contributed by atoms with van der Waals surface area (Å²) in [5.41, 5.74) is 1.47. The molecule has 1 aromatic carbocycles. The quantitative estimate of drug-likeness (QED) is 0.528. The molecule has 8 nitrogen and oxygen atoms in total. The van der Waals surface area contributed by atoms with Gasteiger partial charge < -0.3 is 14.0 Å². The molecule has 0 radical (unpaired) electrons. The van der Waals surface area contributed by atoms with Crippen LogP contribution in [0.15, 0.2) is 35.4 Å². The van der Waals surface area contributed by atoms with Gasteiger partial charge in [-0.2, -0.15) is 0 Å². The molecule has 2 amide bonds. The van der Waals surface area contributed by atoms with Gasteiger partial charge in [-0.3, -0.25) is 19.3 Å². The molecular formula is C20H20N2O6S.